The van der Waals surface area contributed by atoms with Crippen LogP contribution in [0.4, 0.5) is 0 Å². The normalized spacial score (nSPS) is 11.7. The van der Waals surface area contributed by atoms with Crippen molar-refractivity contribution < 1.29 is 5.11 Å². The molecular weight excluding hydrogens is 206 g/mol. The van der Waals surface area contributed by atoms with Gasteiger partial charge in [0.1, 0.15) is 5.01 Å². The van der Waals surface area contributed by atoms with Gasteiger partial charge in [0.05, 0.1) is 10.5 Å². The summed E-state index contributed by atoms with van der Waals surface area (Å²) in [5.74, 6) is 0. The van der Waals surface area contributed by atoms with E-state index in [-0.39, 0.29) is 0 Å². The molecule has 2 aromatic rings. The Hall–Kier alpha value is -1.19. The van der Waals surface area contributed by atoms with Gasteiger partial charge in [0, 0.05) is 11.8 Å². The van der Waals surface area contributed by atoms with Gasteiger partial charge in [0.2, 0.25) is 0 Å². The molecule has 2 nitrogen and oxygen atoms in total. The minimum atomic E-state index is -0.801. The van der Waals surface area contributed by atoms with Crippen LogP contribution in [-0.4, -0.2) is 10.1 Å². The van der Waals surface area contributed by atoms with Gasteiger partial charge in [-0.1, -0.05) is 30.3 Å². The third-order valence-electron chi connectivity index (χ3n) is 2.13. The summed E-state index contributed by atoms with van der Waals surface area (Å²) in [6.07, 6.45) is 1.74. The molecule has 0 unspecified atom stereocenters. The monoisotopic (exact) mass is 219 g/mol. The average molecular weight is 219 g/mol. The second-order valence-corrected chi connectivity index (χ2v) is 4.99. The third kappa shape index (κ3) is 2.25. The molecule has 78 valence electrons. The first kappa shape index (κ1) is 10.3. The van der Waals surface area contributed by atoms with Crippen molar-refractivity contribution in [3.8, 4) is 10.6 Å². The molecule has 0 fully saturated rings. The number of rotatable bonds is 2. The molecule has 2 rings (SSSR count). The summed E-state index contributed by atoms with van der Waals surface area (Å²) in [6, 6.07) is 10.00. The predicted molar refractivity (Wildman–Crippen MR) is 62.8 cm³/mol. The van der Waals surface area contributed by atoms with Crippen molar-refractivity contribution in [2.75, 3.05) is 0 Å². The standard InChI is InChI=1S/C12H13NOS/c1-12(2,14)10-8-13-11(15-10)9-6-4-3-5-7-9/h3-8,14H,1-2H3. The Balaban J connectivity index is 2.37. The zero-order valence-corrected chi connectivity index (χ0v) is 9.58. The Bertz CT molecular complexity index is 442. The number of hydrogen-bond donors (Lipinski definition) is 1. The van der Waals surface area contributed by atoms with Crippen LogP contribution < -0.4 is 0 Å². The number of aliphatic hydroxyl groups is 1. The summed E-state index contributed by atoms with van der Waals surface area (Å²) >= 11 is 1.53. The molecule has 0 aliphatic carbocycles. The lowest BCUT2D eigenvalue weighted by atomic mass is 10.1. The molecular formula is C12H13NOS. The van der Waals surface area contributed by atoms with Crippen molar-refractivity contribution in [2.45, 2.75) is 19.4 Å². The van der Waals surface area contributed by atoms with Crippen LogP contribution in [0.25, 0.3) is 10.6 Å². The van der Waals surface area contributed by atoms with Crippen molar-refractivity contribution >= 4 is 11.3 Å². The number of hydrogen-bond acceptors (Lipinski definition) is 3. The summed E-state index contributed by atoms with van der Waals surface area (Å²) in [7, 11) is 0. The summed E-state index contributed by atoms with van der Waals surface area (Å²) in [5.41, 5.74) is 0.294. The van der Waals surface area contributed by atoms with Gasteiger partial charge in [-0.25, -0.2) is 4.98 Å². The minimum absolute atomic E-state index is 0.801. The smallest absolute Gasteiger partial charge is 0.123 e. The second kappa shape index (κ2) is 3.76. The molecule has 1 N–H and O–H groups in total. The number of aromatic nitrogens is 1. The fourth-order valence-corrected chi connectivity index (χ4v) is 2.19. The first-order valence-corrected chi connectivity index (χ1v) is 5.63. The molecule has 1 aromatic carbocycles. The van der Waals surface area contributed by atoms with Crippen LogP contribution in [0, 0.1) is 0 Å². The van der Waals surface area contributed by atoms with Crippen LogP contribution in [0.2, 0.25) is 0 Å². The van der Waals surface area contributed by atoms with Gasteiger partial charge in [0.15, 0.2) is 0 Å². The molecule has 0 aliphatic rings. The van der Waals surface area contributed by atoms with Gasteiger partial charge in [-0.2, -0.15) is 0 Å². The van der Waals surface area contributed by atoms with Gasteiger partial charge in [0.25, 0.3) is 0 Å². The Morgan fingerprint density at radius 3 is 2.40 bits per heavy atom. The lowest BCUT2D eigenvalue weighted by Crippen LogP contribution is -2.12. The molecule has 0 saturated carbocycles. The summed E-state index contributed by atoms with van der Waals surface area (Å²) < 4.78 is 0. The van der Waals surface area contributed by atoms with Gasteiger partial charge < -0.3 is 5.11 Å². The van der Waals surface area contributed by atoms with Crippen LogP contribution in [0.1, 0.15) is 18.7 Å². The highest BCUT2D eigenvalue weighted by Crippen LogP contribution is 2.31. The molecule has 0 bridgehead atoms. The van der Waals surface area contributed by atoms with Crippen LogP contribution >= 0.6 is 11.3 Å². The fourth-order valence-electron chi connectivity index (χ4n) is 1.27. The second-order valence-electron chi connectivity index (χ2n) is 3.95. The van der Waals surface area contributed by atoms with Gasteiger partial charge in [-0.05, 0) is 13.8 Å². The highest BCUT2D eigenvalue weighted by molar-refractivity contribution is 7.15. The lowest BCUT2D eigenvalue weighted by Gasteiger charge is -2.13. The van der Waals surface area contributed by atoms with E-state index in [1.54, 1.807) is 20.0 Å². The van der Waals surface area contributed by atoms with Crippen molar-refractivity contribution in [1.82, 2.24) is 4.98 Å². The quantitative estimate of drug-likeness (QED) is 0.842. The molecule has 0 amide bonds. The van der Waals surface area contributed by atoms with E-state index in [9.17, 15) is 5.11 Å². The zero-order valence-electron chi connectivity index (χ0n) is 8.77. The van der Waals surface area contributed by atoms with E-state index in [1.165, 1.54) is 11.3 Å². The van der Waals surface area contributed by atoms with Crippen molar-refractivity contribution in [2.24, 2.45) is 0 Å². The number of thiazole rings is 1. The predicted octanol–water partition coefficient (Wildman–Crippen LogP) is 3.04. The van der Waals surface area contributed by atoms with Crippen LogP contribution in [0.5, 0.6) is 0 Å². The molecule has 0 saturated heterocycles. The molecule has 3 heteroatoms. The van der Waals surface area contributed by atoms with Crippen LogP contribution in [0.15, 0.2) is 36.5 Å². The lowest BCUT2D eigenvalue weighted by molar-refractivity contribution is 0.0823. The summed E-state index contributed by atoms with van der Waals surface area (Å²) in [4.78, 5) is 5.20. The zero-order chi connectivity index (χ0) is 10.9. The first-order chi connectivity index (χ1) is 7.07. The van der Waals surface area contributed by atoms with E-state index in [0.29, 0.717) is 0 Å². The highest BCUT2D eigenvalue weighted by Gasteiger charge is 2.19. The average Bonchev–Trinajstić information content (AvgIpc) is 2.67. The topological polar surface area (TPSA) is 33.1 Å². The first-order valence-electron chi connectivity index (χ1n) is 4.81. The van der Waals surface area contributed by atoms with E-state index in [2.05, 4.69) is 4.98 Å². The van der Waals surface area contributed by atoms with Crippen molar-refractivity contribution in [1.29, 1.82) is 0 Å². The number of benzene rings is 1. The summed E-state index contributed by atoms with van der Waals surface area (Å²) in [6.45, 7) is 3.55. The Morgan fingerprint density at radius 2 is 1.87 bits per heavy atom. The molecule has 0 atom stereocenters. The number of nitrogens with zero attached hydrogens (tertiary/aromatic N) is 1. The molecule has 0 aliphatic heterocycles. The molecule has 15 heavy (non-hydrogen) atoms. The maximum Gasteiger partial charge on any atom is 0.123 e. The van der Waals surface area contributed by atoms with E-state index >= 15 is 0 Å². The highest BCUT2D eigenvalue weighted by atomic mass is 32.1. The molecule has 1 aromatic heterocycles. The Kier molecular flexibility index (Phi) is 2.59. The molecule has 1 heterocycles. The maximum absolute atomic E-state index is 9.82. The molecule has 0 radical (unpaired) electrons. The van der Waals surface area contributed by atoms with Gasteiger partial charge in [-0.3, -0.25) is 0 Å². The Labute approximate surface area is 93.2 Å². The van der Waals surface area contributed by atoms with Crippen LogP contribution in [0.3, 0.4) is 0 Å². The fraction of sp³-hybridized carbons (Fsp3) is 0.250. The van der Waals surface area contributed by atoms with E-state index in [4.69, 9.17) is 0 Å². The van der Waals surface area contributed by atoms with Crippen LogP contribution in [-0.2, 0) is 5.60 Å². The van der Waals surface area contributed by atoms with E-state index in [0.717, 1.165) is 15.4 Å². The Morgan fingerprint density at radius 1 is 1.20 bits per heavy atom. The maximum atomic E-state index is 9.82. The third-order valence-corrected chi connectivity index (χ3v) is 3.49. The molecule has 0 spiro atoms. The SMILES string of the molecule is CC(C)(O)c1cnc(-c2ccccc2)s1. The van der Waals surface area contributed by atoms with Gasteiger partial charge >= 0.3 is 0 Å². The van der Waals surface area contributed by atoms with Crippen molar-refractivity contribution in [3.05, 3.63) is 41.4 Å². The summed E-state index contributed by atoms with van der Waals surface area (Å²) in [5, 5.41) is 10.8. The van der Waals surface area contributed by atoms with E-state index < -0.39 is 5.60 Å². The minimum Gasteiger partial charge on any atom is -0.385 e. The largest absolute Gasteiger partial charge is 0.385 e. The van der Waals surface area contributed by atoms with E-state index in [1.807, 2.05) is 30.3 Å². The van der Waals surface area contributed by atoms with Gasteiger partial charge in [-0.15, -0.1) is 11.3 Å². The van der Waals surface area contributed by atoms with Crippen molar-refractivity contribution in [3.63, 3.8) is 0 Å².